The van der Waals surface area contributed by atoms with Crippen LogP contribution in [0, 0.1) is 33.5 Å². The Morgan fingerprint density at radius 1 is 0.688 bits per heavy atom. The van der Waals surface area contributed by atoms with Crippen LogP contribution in [0.1, 0.15) is 91.9 Å². The van der Waals surface area contributed by atoms with Gasteiger partial charge in [-0.15, -0.1) is 0 Å². The monoisotopic (exact) mass is 442 g/mol. The van der Waals surface area contributed by atoms with Gasteiger partial charge in [0.2, 0.25) is 11.8 Å². The highest BCUT2D eigenvalue weighted by molar-refractivity contribution is 6.10. The van der Waals surface area contributed by atoms with Gasteiger partial charge in [0.25, 0.3) is 0 Å². The van der Waals surface area contributed by atoms with Crippen LogP contribution >= 0.6 is 0 Å². The maximum Gasteiger partial charge on any atom is 0.234 e. The van der Waals surface area contributed by atoms with E-state index in [1.807, 2.05) is 0 Å². The fourth-order valence-corrected chi connectivity index (χ4v) is 8.48. The first kappa shape index (κ1) is 22.1. The molecule has 6 atom stereocenters. The van der Waals surface area contributed by atoms with E-state index in [9.17, 15) is 19.2 Å². The molecule has 32 heavy (non-hydrogen) atoms. The highest BCUT2D eigenvalue weighted by atomic mass is 16.2. The molecule has 0 aromatic carbocycles. The minimum atomic E-state index is -0.926. The standard InChI is InChI=1S/C26H38N2O4/c1-23(2)15-9-11-25(23,19(29)13-15)21(31)27-17-7-5-6-8-18(17)28-22(32)26-12-10-16(14-20(26)30)24(26,3)4/h15-18H,5-14H2,1-4H3,(H,27,31)(H,28,32)/t15-,16-,17-,18-,25+,26+/m1/s1. The SMILES string of the molecule is CC1(C)[C@@H]2CC[C@@]1(C(=O)N[C@@H]1CCCC[C@H]1NC(=O)[C@]13CC[C@H](CC1=O)C3(C)C)C(=O)C2. The van der Waals surface area contributed by atoms with E-state index in [1.54, 1.807) is 0 Å². The lowest BCUT2D eigenvalue weighted by Gasteiger charge is -2.41. The minimum Gasteiger partial charge on any atom is -0.350 e. The Balaban J connectivity index is 1.34. The zero-order valence-electron chi connectivity index (χ0n) is 20.0. The third-order valence-corrected chi connectivity index (χ3v) is 11.0. The first-order valence-electron chi connectivity index (χ1n) is 12.7. The summed E-state index contributed by atoms with van der Waals surface area (Å²) >= 11 is 0. The predicted octanol–water partition coefficient (Wildman–Crippen LogP) is 3.32. The molecule has 0 saturated heterocycles. The average molecular weight is 443 g/mol. The van der Waals surface area contributed by atoms with Gasteiger partial charge in [-0.1, -0.05) is 40.5 Å². The Kier molecular flexibility index (Phi) is 4.76. The van der Waals surface area contributed by atoms with Crippen molar-refractivity contribution in [2.24, 2.45) is 33.5 Å². The van der Waals surface area contributed by atoms with E-state index < -0.39 is 10.8 Å². The van der Waals surface area contributed by atoms with Crippen molar-refractivity contribution in [1.82, 2.24) is 10.6 Å². The Morgan fingerprint density at radius 3 is 1.34 bits per heavy atom. The van der Waals surface area contributed by atoms with Crippen molar-refractivity contribution in [1.29, 1.82) is 0 Å². The second-order valence-electron chi connectivity index (χ2n) is 12.4. The maximum atomic E-state index is 13.6. The van der Waals surface area contributed by atoms with Crippen LogP contribution in [-0.2, 0) is 19.2 Å². The van der Waals surface area contributed by atoms with Gasteiger partial charge in [-0.3, -0.25) is 19.2 Å². The van der Waals surface area contributed by atoms with Crippen LogP contribution in [0.4, 0.5) is 0 Å². The first-order chi connectivity index (χ1) is 15.0. The van der Waals surface area contributed by atoms with E-state index >= 15 is 0 Å². The normalized spacial score (nSPS) is 43.5. The van der Waals surface area contributed by atoms with Crippen molar-refractivity contribution in [3.8, 4) is 0 Å². The topological polar surface area (TPSA) is 92.3 Å². The van der Waals surface area contributed by atoms with Gasteiger partial charge in [0, 0.05) is 24.9 Å². The van der Waals surface area contributed by atoms with Gasteiger partial charge in [0.1, 0.15) is 22.4 Å². The largest absolute Gasteiger partial charge is 0.350 e. The zero-order valence-corrected chi connectivity index (χ0v) is 20.0. The summed E-state index contributed by atoms with van der Waals surface area (Å²) in [5, 5.41) is 6.45. The van der Waals surface area contributed by atoms with Gasteiger partial charge < -0.3 is 10.6 Å². The van der Waals surface area contributed by atoms with Crippen LogP contribution in [0.5, 0.6) is 0 Å². The Labute approximate surface area is 191 Å². The van der Waals surface area contributed by atoms with Gasteiger partial charge in [-0.05, 0) is 61.2 Å². The highest BCUT2D eigenvalue weighted by Gasteiger charge is 2.69. The van der Waals surface area contributed by atoms with Crippen LogP contribution in [0.2, 0.25) is 0 Å². The number of amides is 2. The van der Waals surface area contributed by atoms with E-state index in [-0.39, 0.29) is 58.1 Å². The Morgan fingerprint density at radius 2 is 1.06 bits per heavy atom. The van der Waals surface area contributed by atoms with E-state index in [2.05, 4.69) is 38.3 Å². The third kappa shape index (κ3) is 2.53. The number of carbonyl (C=O) groups excluding carboxylic acids is 4. The lowest BCUT2D eigenvalue weighted by molar-refractivity contribution is -0.148. The van der Waals surface area contributed by atoms with Gasteiger partial charge in [-0.25, -0.2) is 0 Å². The molecule has 0 unspecified atom stereocenters. The molecule has 0 aromatic heterocycles. The van der Waals surface area contributed by atoms with Gasteiger partial charge in [0.05, 0.1) is 0 Å². The van der Waals surface area contributed by atoms with Crippen molar-refractivity contribution < 1.29 is 19.2 Å². The van der Waals surface area contributed by atoms with Crippen molar-refractivity contribution in [3.05, 3.63) is 0 Å². The summed E-state index contributed by atoms with van der Waals surface area (Å²) in [6.45, 7) is 8.27. The molecule has 5 aliphatic carbocycles. The summed E-state index contributed by atoms with van der Waals surface area (Å²) in [7, 11) is 0. The minimum absolute atomic E-state index is 0.0850. The molecule has 5 rings (SSSR count). The van der Waals surface area contributed by atoms with Crippen molar-refractivity contribution in [3.63, 3.8) is 0 Å². The predicted molar refractivity (Wildman–Crippen MR) is 119 cm³/mol. The molecule has 4 bridgehead atoms. The average Bonchev–Trinajstić information content (AvgIpc) is 3.29. The van der Waals surface area contributed by atoms with Crippen molar-refractivity contribution >= 4 is 23.4 Å². The lowest BCUT2D eigenvalue weighted by Crippen LogP contribution is -2.61. The van der Waals surface area contributed by atoms with E-state index in [0.717, 1.165) is 38.5 Å². The third-order valence-electron chi connectivity index (χ3n) is 11.0. The van der Waals surface area contributed by atoms with Gasteiger partial charge >= 0.3 is 0 Å². The number of Topliss-reactive ketones (excluding diaryl/α,β-unsaturated/α-hetero) is 2. The molecular weight excluding hydrogens is 404 g/mol. The van der Waals surface area contributed by atoms with Gasteiger partial charge in [0.15, 0.2) is 0 Å². The smallest absolute Gasteiger partial charge is 0.234 e. The molecule has 0 heterocycles. The number of ketones is 2. The molecule has 5 saturated carbocycles. The molecule has 176 valence electrons. The van der Waals surface area contributed by atoms with Crippen LogP contribution < -0.4 is 10.6 Å². The Bertz CT molecular complexity index is 820. The molecule has 0 aromatic rings. The molecule has 0 radical (unpaired) electrons. The van der Waals surface area contributed by atoms with E-state index in [4.69, 9.17) is 0 Å². The molecule has 0 aliphatic heterocycles. The van der Waals surface area contributed by atoms with Crippen molar-refractivity contribution in [2.75, 3.05) is 0 Å². The molecule has 6 heteroatoms. The molecule has 6 nitrogen and oxygen atoms in total. The van der Waals surface area contributed by atoms with Crippen LogP contribution in [0.3, 0.4) is 0 Å². The summed E-state index contributed by atoms with van der Waals surface area (Å²) < 4.78 is 0. The number of rotatable bonds is 4. The Hall–Kier alpha value is -1.72. The lowest BCUT2D eigenvalue weighted by atomic mass is 9.67. The summed E-state index contributed by atoms with van der Waals surface area (Å²) in [5.74, 6) is 0.453. The second kappa shape index (κ2) is 6.89. The van der Waals surface area contributed by atoms with Crippen LogP contribution in [0.25, 0.3) is 0 Å². The van der Waals surface area contributed by atoms with E-state index in [1.165, 1.54) is 0 Å². The molecule has 2 N–H and O–H groups in total. The summed E-state index contributed by atoms with van der Waals surface area (Å²) in [6.07, 6.45) is 7.69. The molecule has 0 spiro atoms. The number of fused-ring (bicyclic) bond motifs is 4. The number of hydrogen-bond donors (Lipinski definition) is 2. The van der Waals surface area contributed by atoms with Gasteiger partial charge in [-0.2, -0.15) is 0 Å². The molecular formula is C26H38N2O4. The van der Waals surface area contributed by atoms with Crippen LogP contribution in [0.15, 0.2) is 0 Å². The van der Waals surface area contributed by atoms with E-state index in [0.29, 0.717) is 25.7 Å². The fraction of sp³-hybridized carbons (Fsp3) is 0.846. The van der Waals surface area contributed by atoms with Crippen LogP contribution in [-0.4, -0.2) is 35.5 Å². The number of carbonyl (C=O) groups is 4. The quantitative estimate of drug-likeness (QED) is 0.653. The maximum absolute atomic E-state index is 13.6. The summed E-state index contributed by atoms with van der Waals surface area (Å²) in [5.41, 5.74) is -2.49. The first-order valence-corrected chi connectivity index (χ1v) is 12.7. The summed E-state index contributed by atoms with van der Waals surface area (Å²) in [6, 6.07) is -0.378. The number of hydrogen-bond acceptors (Lipinski definition) is 4. The zero-order chi connectivity index (χ0) is 23.1. The molecule has 2 amide bonds. The fourth-order valence-electron chi connectivity index (χ4n) is 8.48. The summed E-state index contributed by atoms with van der Waals surface area (Å²) in [4.78, 5) is 53.0. The second-order valence-corrected chi connectivity index (χ2v) is 12.4. The molecule has 5 fully saturated rings. The van der Waals surface area contributed by atoms with Crippen molar-refractivity contribution in [2.45, 2.75) is 104 Å². The molecule has 5 aliphatic rings. The number of nitrogens with one attached hydrogen (secondary N) is 2. The highest BCUT2D eigenvalue weighted by Crippen LogP contribution is 2.65.